The lowest BCUT2D eigenvalue weighted by Gasteiger charge is -2.10. The highest BCUT2D eigenvalue weighted by molar-refractivity contribution is 8.00. The van der Waals surface area contributed by atoms with E-state index in [1.54, 1.807) is 12.1 Å². The second kappa shape index (κ2) is 7.30. The van der Waals surface area contributed by atoms with E-state index in [-0.39, 0.29) is 27.8 Å². The van der Waals surface area contributed by atoms with Gasteiger partial charge in [0.25, 0.3) is 0 Å². The number of sulfone groups is 1. The maximum Gasteiger partial charge on any atom is 0.313 e. The number of carboxylic acids is 1. The Morgan fingerprint density at radius 2 is 1.90 bits per heavy atom. The molecule has 8 heteroatoms. The summed E-state index contributed by atoms with van der Waals surface area (Å²) in [7, 11) is -3.42. The first kappa shape index (κ1) is 16.5. The van der Waals surface area contributed by atoms with Gasteiger partial charge in [-0.15, -0.1) is 11.8 Å². The highest BCUT2D eigenvalue weighted by Gasteiger charge is 2.17. The summed E-state index contributed by atoms with van der Waals surface area (Å²) in [6.07, 6.45) is 0. The van der Waals surface area contributed by atoms with Crippen molar-refractivity contribution >= 4 is 39.2 Å². The predicted octanol–water partition coefficient (Wildman–Crippen LogP) is 1.24. The van der Waals surface area contributed by atoms with Crippen molar-refractivity contribution in [2.75, 3.05) is 22.6 Å². The Bertz CT molecular complexity index is 598. The second-order valence-electron chi connectivity index (χ2n) is 3.83. The number of carbonyl (C=O) groups excluding carboxylic acids is 1. The minimum absolute atomic E-state index is 0.0488. The molecular formula is C12H15NO5S2. The van der Waals surface area contributed by atoms with Gasteiger partial charge in [0.1, 0.15) is 0 Å². The van der Waals surface area contributed by atoms with Crippen molar-refractivity contribution in [1.82, 2.24) is 0 Å². The standard InChI is InChI=1S/C12H15NO5S2/c1-2-20(17,18)10-6-4-3-5-9(10)13-11(14)7-19-8-12(15)16/h3-6H,2,7-8H2,1H3,(H,13,14)(H,15,16). The van der Waals surface area contributed by atoms with Crippen LogP contribution in [0.2, 0.25) is 0 Å². The zero-order valence-corrected chi connectivity index (χ0v) is 12.5. The molecule has 20 heavy (non-hydrogen) atoms. The number of rotatable bonds is 7. The molecule has 1 rings (SSSR count). The molecule has 0 aliphatic carbocycles. The van der Waals surface area contributed by atoms with Crippen LogP contribution in [-0.2, 0) is 19.4 Å². The lowest BCUT2D eigenvalue weighted by molar-refractivity contribution is -0.133. The van der Waals surface area contributed by atoms with Gasteiger partial charge in [0.15, 0.2) is 9.84 Å². The smallest absolute Gasteiger partial charge is 0.313 e. The van der Waals surface area contributed by atoms with Crippen LogP contribution in [0.15, 0.2) is 29.2 Å². The Kier molecular flexibility index (Phi) is 6.03. The molecule has 1 amide bonds. The van der Waals surface area contributed by atoms with Crippen LogP contribution in [0.1, 0.15) is 6.92 Å². The Hall–Kier alpha value is -1.54. The highest BCUT2D eigenvalue weighted by Crippen LogP contribution is 2.22. The number of para-hydroxylation sites is 1. The summed E-state index contributed by atoms with van der Waals surface area (Å²) >= 11 is 0.947. The van der Waals surface area contributed by atoms with E-state index < -0.39 is 21.7 Å². The van der Waals surface area contributed by atoms with Crippen molar-refractivity contribution in [2.24, 2.45) is 0 Å². The highest BCUT2D eigenvalue weighted by atomic mass is 32.2. The molecule has 0 radical (unpaired) electrons. The van der Waals surface area contributed by atoms with Crippen LogP contribution in [0.4, 0.5) is 5.69 Å². The van der Waals surface area contributed by atoms with Crippen LogP contribution in [-0.4, -0.2) is 42.7 Å². The minimum Gasteiger partial charge on any atom is -0.481 e. The third kappa shape index (κ3) is 4.86. The number of benzene rings is 1. The SMILES string of the molecule is CCS(=O)(=O)c1ccccc1NC(=O)CSCC(=O)O. The van der Waals surface area contributed by atoms with E-state index in [1.165, 1.54) is 19.1 Å². The van der Waals surface area contributed by atoms with E-state index in [0.717, 1.165) is 11.8 Å². The molecule has 2 N–H and O–H groups in total. The molecule has 0 saturated carbocycles. The molecule has 6 nitrogen and oxygen atoms in total. The van der Waals surface area contributed by atoms with Gasteiger partial charge in [-0.1, -0.05) is 19.1 Å². The molecule has 0 aromatic heterocycles. The topological polar surface area (TPSA) is 101 Å². The summed E-state index contributed by atoms with van der Waals surface area (Å²) in [4.78, 5) is 22.0. The average molecular weight is 317 g/mol. The number of carbonyl (C=O) groups is 2. The third-order valence-corrected chi connectivity index (χ3v) is 5.04. The number of nitrogens with one attached hydrogen (secondary N) is 1. The van der Waals surface area contributed by atoms with E-state index in [1.807, 2.05) is 0 Å². The summed E-state index contributed by atoms with van der Waals surface area (Å²) in [5.74, 6) is -1.73. The average Bonchev–Trinajstić information content (AvgIpc) is 2.38. The van der Waals surface area contributed by atoms with Gasteiger partial charge in [-0.05, 0) is 12.1 Å². The zero-order chi connectivity index (χ0) is 15.2. The van der Waals surface area contributed by atoms with Gasteiger partial charge in [0.2, 0.25) is 5.91 Å². The Balaban J connectivity index is 2.78. The summed E-state index contributed by atoms with van der Waals surface area (Å²) in [5, 5.41) is 11.0. The molecule has 0 heterocycles. The quantitative estimate of drug-likeness (QED) is 0.784. The molecular weight excluding hydrogens is 302 g/mol. The maximum absolute atomic E-state index is 11.9. The van der Waals surface area contributed by atoms with Gasteiger partial charge in [-0.3, -0.25) is 9.59 Å². The number of anilines is 1. The van der Waals surface area contributed by atoms with Gasteiger partial charge in [-0.25, -0.2) is 8.42 Å². The summed E-state index contributed by atoms with van der Waals surface area (Å²) < 4.78 is 23.7. The number of aliphatic carboxylic acids is 1. The van der Waals surface area contributed by atoms with Crippen molar-refractivity contribution in [2.45, 2.75) is 11.8 Å². The molecule has 110 valence electrons. The zero-order valence-electron chi connectivity index (χ0n) is 10.8. The number of hydrogen-bond acceptors (Lipinski definition) is 5. The summed E-state index contributed by atoms with van der Waals surface area (Å²) in [6.45, 7) is 1.52. The van der Waals surface area contributed by atoms with E-state index in [9.17, 15) is 18.0 Å². The van der Waals surface area contributed by atoms with Crippen molar-refractivity contribution in [3.63, 3.8) is 0 Å². The fraction of sp³-hybridized carbons (Fsp3) is 0.333. The molecule has 0 bridgehead atoms. The van der Waals surface area contributed by atoms with E-state index >= 15 is 0 Å². The van der Waals surface area contributed by atoms with Crippen LogP contribution >= 0.6 is 11.8 Å². The molecule has 0 aliphatic heterocycles. The number of amides is 1. The van der Waals surface area contributed by atoms with Gasteiger partial charge in [0, 0.05) is 0 Å². The minimum atomic E-state index is -3.42. The van der Waals surface area contributed by atoms with Gasteiger partial charge >= 0.3 is 5.97 Å². The van der Waals surface area contributed by atoms with Crippen molar-refractivity contribution in [3.8, 4) is 0 Å². The van der Waals surface area contributed by atoms with E-state index in [2.05, 4.69) is 5.32 Å². The Morgan fingerprint density at radius 1 is 1.25 bits per heavy atom. The van der Waals surface area contributed by atoms with Gasteiger partial charge in [0.05, 0.1) is 27.8 Å². The largest absolute Gasteiger partial charge is 0.481 e. The van der Waals surface area contributed by atoms with Crippen LogP contribution in [0.3, 0.4) is 0 Å². The monoisotopic (exact) mass is 317 g/mol. The molecule has 0 spiro atoms. The lowest BCUT2D eigenvalue weighted by Crippen LogP contribution is -2.18. The first-order valence-corrected chi connectivity index (χ1v) is 8.58. The van der Waals surface area contributed by atoms with Crippen LogP contribution in [0.25, 0.3) is 0 Å². The normalized spacial score (nSPS) is 11.1. The van der Waals surface area contributed by atoms with Crippen LogP contribution in [0, 0.1) is 0 Å². The first-order chi connectivity index (χ1) is 9.36. The van der Waals surface area contributed by atoms with Crippen molar-refractivity contribution in [1.29, 1.82) is 0 Å². The molecule has 0 saturated heterocycles. The second-order valence-corrected chi connectivity index (χ2v) is 7.07. The summed E-state index contributed by atoms with van der Waals surface area (Å²) in [5.41, 5.74) is 0.218. The van der Waals surface area contributed by atoms with Gasteiger partial charge < -0.3 is 10.4 Å². The number of thioether (sulfide) groups is 1. The van der Waals surface area contributed by atoms with Crippen LogP contribution in [0.5, 0.6) is 0 Å². The molecule has 0 unspecified atom stereocenters. The first-order valence-electron chi connectivity index (χ1n) is 5.78. The lowest BCUT2D eigenvalue weighted by atomic mass is 10.3. The van der Waals surface area contributed by atoms with Crippen molar-refractivity contribution in [3.05, 3.63) is 24.3 Å². The van der Waals surface area contributed by atoms with Gasteiger partial charge in [-0.2, -0.15) is 0 Å². The molecule has 0 atom stereocenters. The van der Waals surface area contributed by atoms with Crippen LogP contribution < -0.4 is 5.32 Å². The third-order valence-electron chi connectivity index (χ3n) is 2.33. The van der Waals surface area contributed by atoms with E-state index in [4.69, 9.17) is 5.11 Å². The molecule has 0 aliphatic rings. The predicted molar refractivity (Wildman–Crippen MR) is 77.8 cm³/mol. The molecule has 1 aromatic carbocycles. The molecule has 0 fully saturated rings. The number of hydrogen-bond donors (Lipinski definition) is 2. The summed E-state index contributed by atoms with van der Waals surface area (Å²) in [6, 6.07) is 6.13. The van der Waals surface area contributed by atoms with E-state index in [0.29, 0.717) is 0 Å². The fourth-order valence-corrected chi connectivity index (χ4v) is 3.00. The fourth-order valence-electron chi connectivity index (χ4n) is 1.41. The Morgan fingerprint density at radius 3 is 2.50 bits per heavy atom. The number of carboxylic acid groups (broad SMARTS) is 1. The van der Waals surface area contributed by atoms with Crippen molar-refractivity contribution < 1.29 is 23.1 Å². The Labute approximate surface area is 121 Å². The molecule has 1 aromatic rings. The maximum atomic E-state index is 11.9.